The van der Waals surface area contributed by atoms with Gasteiger partial charge in [-0.3, -0.25) is 0 Å². The Morgan fingerprint density at radius 1 is 1.26 bits per heavy atom. The van der Waals surface area contributed by atoms with E-state index in [9.17, 15) is 4.79 Å². The lowest BCUT2D eigenvalue weighted by Gasteiger charge is -2.29. The zero-order chi connectivity index (χ0) is 14.5. The zero-order valence-corrected chi connectivity index (χ0v) is 12.5. The molecule has 1 rings (SSSR count). The molecule has 0 radical (unpaired) electrons. The SMILES string of the molecule is CCc1ccccc1C(=O)OC(COC)C(C)(C)C. The third kappa shape index (κ3) is 4.35. The van der Waals surface area contributed by atoms with Crippen molar-refractivity contribution in [1.82, 2.24) is 0 Å². The van der Waals surface area contributed by atoms with Crippen molar-refractivity contribution in [3.63, 3.8) is 0 Å². The molecule has 0 aromatic heterocycles. The summed E-state index contributed by atoms with van der Waals surface area (Å²) < 4.78 is 10.8. The summed E-state index contributed by atoms with van der Waals surface area (Å²) in [6, 6.07) is 7.57. The van der Waals surface area contributed by atoms with Gasteiger partial charge in [0, 0.05) is 12.5 Å². The highest BCUT2D eigenvalue weighted by Gasteiger charge is 2.29. The van der Waals surface area contributed by atoms with Crippen LogP contribution in [0.15, 0.2) is 24.3 Å². The predicted octanol–water partition coefficient (Wildman–Crippen LogP) is 3.47. The summed E-state index contributed by atoms with van der Waals surface area (Å²) in [5, 5.41) is 0. The summed E-state index contributed by atoms with van der Waals surface area (Å²) in [7, 11) is 1.62. The topological polar surface area (TPSA) is 35.5 Å². The highest BCUT2D eigenvalue weighted by molar-refractivity contribution is 5.91. The van der Waals surface area contributed by atoms with Crippen LogP contribution in [-0.2, 0) is 15.9 Å². The normalized spacial score (nSPS) is 13.1. The van der Waals surface area contributed by atoms with E-state index in [-0.39, 0.29) is 17.5 Å². The van der Waals surface area contributed by atoms with Gasteiger partial charge >= 0.3 is 5.97 Å². The Hall–Kier alpha value is -1.35. The number of carbonyl (C=O) groups excluding carboxylic acids is 1. The second kappa shape index (κ2) is 6.71. The Morgan fingerprint density at radius 3 is 2.42 bits per heavy atom. The van der Waals surface area contributed by atoms with Gasteiger partial charge in [-0.1, -0.05) is 45.9 Å². The van der Waals surface area contributed by atoms with E-state index in [0.717, 1.165) is 12.0 Å². The third-order valence-corrected chi connectivity index (χ3v) is 3.15. The van der Waals surface area contributed by atoms with E-state index < -0.39 is 0 Å². The second-order valence-corrected chi connectivity index (χ2v) is 5.73. The molecule has 0 amide bonds. The number of benzene rings is 1. The first-order valence-electron chi connectivity index (χ1n) is 6.68. The summed E-state index contributed by atoms with van der Waals surface area (Å²) >= 11 is 0. The lowest BCUT2D eigenvalue weighted by molar-refractivity contribution is -0.0352. The van der Waals surface area contributed by atoms with E-state index in [1.54, 1.807) is 7.11 Å². The van der Waals surface area contributed by atoms with Gasteiger partial charge in [-0.15, -0.1) is 0 Å². The van der Waals surface area contributed by atoms with Gasteiger partial charge in [0.05, 0.1) is 12.2 Å². The largest absolute Gasteiger partial charge is 0.456 e. The van der Waals surface area contributed by atoms with Gasteiger partial charge in [0.25, 0.3) is 0 Å². The van der Waals surface area contributed by atoms with Gasteiger partial charge in [-0.2, -0.15) is 0 Å². The quantitative estimate of drug-likeness (QED) is 0.764. The van der Waals surface area contributed by atoms with Crippen molar-refractivity contribution in [3.8, 4) is 0 Å². The molecule has 1 unspecified atom stereocenters. The Labute approximate surface area is 115 Å². The van der Waals surface area contributed by atoms with E-state index >= 15 is 0 Å². The number of hydrogen-bond acceptors (Lipinski definition) is 3. The first kappa shape index (κ1) is 15.7. The minimum Gasteiger partial charge on any atom is -0.456 e. The Balaban J connectivity index is 2.88. The Kier molecular flexibility index (Phi) is 5.55. The van der Waals surface area contributed by atoms with Gasteiger partial charge in [0.15, 0.2) is 0 Å². The number of ether oxygens (including phenoxy) is 2. The smallest absolute Gasteiger partial charge is 0.338 e. The summed E-state index contributed by atoms with van der Waals surface area (Å²) in [6.45, 7) is 8.55. The minimum atomic E-state index is -0.269. The van der Waals surface area contributed by atoms with Crippen molar-refractivity contribution >= 4 is 5.97 Å². The molecule has 19 heavy (non-hydrogen) atoms. The molecule has 0 N–H and O–H groups in total. The van der Waals surface area contributed by atoms with Gasteiger partial charge in [0.1, 0.15) is 6.10 Å². The Morgan fingerprint density at radius 2 is 1.89 bits per heavy atom. The number of esters is 1. The average Bonchev–Trinajstić information content (AvgIpc) is 2.37. The molecule has 3 nitrogen and oxygen atoms in total. The molecule has 0 fully saturated rings. The molecule has 0 bridgehead atoms. The monoisotopic (exact) mass is 264 g/mol. The molecule has 0 heterocycles. The van der Waals surface area contributed by atoms with Gasteiger partial charge in [-0.05, 0) is 18.1 Å². The molecule has 0 saturated carbocycles. The van der Waals surface area contributed by atoms with Crippen molar-refractivity contribution in [1.29, 1.82) is 0 Å². The number of carbonyl (C=O) groups is 1. The van der Waals surface area contributed by atoms with Crippen LogP contribution in [0.1, 0.15) is 43.6 Å². The van der Waals surface area contributed by atoms with Crippen molar-refractivity contribution in [3.05, 3.63) is 35.4 Å². The van der Waals surface area contributed by atoms with E-state index in [0.29, 0.717) is 12.2 Å². The summed E-state index contributed by atoms with van der Waals surface area (Å²) in [4.78, 5) is 12.3. The van der Waals surface area contributed by atoms with Crippen molar-refractivity contribution in [2.24, 2.45) is 5.41 Å². The molecule has 3 heteroatoms. The highest BCUT2D eigenvalue weighted by atomic mass is 16.6. The van der Waals surface area contributed by atoms with Gasteiger partial charge < -0.3 is 9.47 Å². The van der Waals surface area contributed by atoms with Crippen LogP contribution >= 0.6 is 0 Å². The van der Waals surface area contributed by atoms with Crippen LogP contribution < -0.4 is 0 Å². The lowest BCUT2D eigenvalue weighted by Crippen LogP contribution is -2.35. The summed E-state index contributed by atoms with van der Waals surface area (Å²) in [5.41, 5.74) is 1.51. The third-order valence-electron chi connectivity index (χ3n) is 3.15. The van der Waals surface area contributed by atoms with E-state index in [1.165, 1.54) is 0 Å². The van der Waals surface area contributed by atoms with Crippen molar-refractivity contribution < 1.29 is 14.3 Å². The maximum atomic E-state index is 12.3. The first-order valence-corrected chi connectivity index (χ1v) is 6.68. The molecular formula is C16H24O3. The fourth-order valence-electron chi connectivity index (χ4n) is 1.83. The van der Waals surface area contributed by atoms with Crippen LogP contribution in [0.2, 0.25) is 0 Å². The fourth-order valence-corrected chi connectivity index (χ4v) is 1.83. The van der Waals surface area contributed by atoms with Crippen LogP contribution in [-0.4, -0.2) is 25.8 Å². The molecule has 1 aromatic rings. The summed E-state index contributed by atoms with van der Waals surface area (Å²) in [5.74, 6) is -0.269. The molecule has 0 saturated heterocycles. The van der Waals surface area contributed by atoms with Crippen molar-refractivity contribution in [2.45, 2.75) is 40.2 Å². The van der Waals surface area contributed by atoms with Crippen LogP contribution in [0.5, 0.6) is 0 Å². The number of rotatable bonds is 5. The average molecular weight is 264 g/mol. The molecule has 1 atom stereocenters. The van der Waals surface area contributed by atoms with Crippen LogP contribution in [0.25, 0.3) is 0 Å². The molecule has 0 aliphatic carbocycles. The van der Waals surface area contributed by atoms with Crippen LogP contribution in [0, 0.1) is 5.41 Å². The number of aryl methyl sites for hydroxylation is 1. The van der Waals surface area contributed by atoms with E-state index in [4.69, 9.17) is 9.47 Å². The standard InChI is InChI=1S/C16H24O3/c1-6-12-9-7-8-10-13(12)15(17)19-14(11-18-5)16(2,3)4/h7-10,14H,6,11H2,1-5H3. The lowest BCUT2D eigenvalue weighted by atomic mass is 9.89. The number of methoxy groups -OCH3 is 1. The predicted molar refractivity (Wildman–Crippen MR) is 76.4 cm³/mol. The zero-order valence-electron chi connectivity index (χ0n) is 12.5. The molecule has 0 aliphatic rings. The minimum absolute atomic E-state index is 0.146. The Bertz CT molecular complexity index is 418. The second-order valence-electron chi connectivity index (χ2n) is 5.73. The fraction of sp³-hybridized carbons (Fsp3) is 0.562. The van der Waals surface area contributed by atoms with E-state index in [1.807, 2.05) is 52.0 Å². The maximum Gasteiger partial charge on any atom is 0.338 e. The number of hydrogen-bond donors (Lipinski definition) is 0. The first-order chi connectivity index (χ1) is 8.90. The van der Waals surface area contributed by atoms with Gasteiger partial charge in [0.2, 0.25) is 0 Å². The summed E-state index contributed by atoms with van der Waals surface area (Å²) in [6.07, 6.45) is 0.561. The van der Waals surface area contributed by atoms with Gasteiger partial charge in [-0.25, -0.2) is 4.79 Å². The molecule has 1 aromatic carbocycles. The maximum absolute atomic E-state index is 12.3. The molecule has 0 aliphatic heterocycles. The van der Waals surface area contributed by atoms with Crippen LogP contribution in [0.3, 0.4) is 0 Å². The van der Waals surface area contributed by atoms with Crippen LogP contribution in [0.4, 0.5) is 0 Å². The molecule has 0 spiro atoms. The van der Waals surface area contributed by atoms with E-state index in [2.05, 4.69) is 0 Å². The molecule has 106 valence electrons. The van der Waals surface area contributed by atoms with Crippen molar-refractivity contribution in [2.75, 3.05) is 13.7 Å². The molecular weight excluding hydrogens is 240 g/mol. The highest BCUT2D eigenvalue weighted by Crippen LogP contribution is 2.24.